The molecular weight excluding hydrogens is 353 g/mol. The lowest BCUT2D eigenvalue weighted by molar-refractivity contribution is 0.628. The van der Waals surface area contributed by atoms with Gasteiger partial charge in [-0.05, 0) is 42.4 Å². The van der Waals surface area contributed by atoms with E-state index in [-0.39, 0.29) is 5.82 Å². The highest BCUT2D eigenvalue weighted by Gasteiger charge is 2.17. The zero-order valence-electron chi connectivity index (χ0n) is 15.5. The quantitative estimate of drug-likeness (QED) is 0.498. The molecule has 0 radical (unpaired) electrons. The number of aromatic nitrogens is 2. The van der Waals surface area contributed by atoms with Crippen LogP contribution in [0.5, 0.6) is 0 Å². The number of likely N-dealkylation sites (N-methyl/N-ethyl adjacent to an activating group) is 1. The zero-order valence-corrected chi connectivity index (χ0v) is 15.5. The summed E-state index contributed by atoms with van der Waals surface area (Å²) in [5.74, 6) is 0.541. The van der Waals surface area contributed by atoms with E-state index in [1.807, 2.05) is 34.7 Å². The maximum absolute atomic E-state index is 13.4. The molecule has 0 fully saturated rings. The summed E-state index contributed by atoms with van der Waals surface area (Å²) in [6, 6.07) is 18.2. The second kappa shape index (κ2) is 7.67. The number of benzene rings is 2. The molecule has 2 N–H and O–H groups in total. The molecule has 28 heavy (non-hydrogen) atoms. The average molecular weight is 373 g/mol. The molecule has 6 heteroatoms. The summed E-state index contributed by atoms with van der Waals surface area (Å²) < 4.78 is 15.4. The number of nitriles is 1. The summed E-state index contributed by atoms with van der Waals surface area (Å²) in [7, 11) is 0. The Hall–Kier alpha value is -3.43. The minimum Gasteiger partial charge on any atom is -0.370 e. The topological polar surface area (TPSA) is 65.1 Å². The summed E-state index contributed by atoms with van der Waals surface area (Å²) in [6.45, 7) is 4.51. The van der Waals surface area contributed by atoms with Gasteiger partial charge in [-0.2, -0.15) is 5.26 Å². The van der Waals surface area contributed by atoms with Crippen LogP contribution in [0, 0.1) is 17.1 Å². The van der Waals surface area contributed by atoms with Crippen molar-refractivity contribution in [2.45, 2.75) is 6.92 Å². The Morgan fingerprint density at radius 3 is 2.64 bits per heavy atom. The molecule has 0 saturated carbocycles. The summed E-state index contributed by atoms with van der Waals surface area (Å²) in [4.78, 5) is 4.71. The van der Waals surface area contributed by atoms with E-state index in [2.05, 4.69) is 23.6 Å². The highest BCUT2D eigenvalue weighted by Crippen LogP contribution is 2.32. The maximum Gasteiger partial charge on any atom is 0.158 e. The third kappa shape index (κ3) is 3.17. The van der Waals surface area contributed by atoms with Crippen LogP contribution in [0.2, 0.25) is 0 Å². The molecule has 0 saturated heterocycles. The van der Waals surface area contributed by atoms with Gasteiger partial charge in [0.25, 0.3) is 0 Å². The first-order chi connectivity index (χ1) is 13.7. The van der Waals surface area contributed by atoms with Crippen LogP contribution in [0.15, 0.2) is 54.6 Å². The van der Waals surface area contributed by atoms with Crippen LogP contribution in [0.3, 0.4) is 0 Å². The molecule has 4 rings (SSSR count). The fraction of sp³-hybridized carbons (Fsp3) is 0.182. The van der Waals surface area contributed by atoms with Crippen molar-refractivity contribution in [3.8, 4) is 17.2 Å². The fourth-order valence-corrected chi connectivity index (χ4v) is 3.38. The minimum atomic E-state index is -0.307. The van der Waals surface area contributed by atoms with Gasteiger partial charge in [0.2, 0.25) is 0 Å². The van der Waals surface area contributed by atoms with Gasteiger partial charge in [-0.3, -0.25) is 4.40 Å². The normalized spacial score (nSPS) is 11.0. The molecule has 2 heterocycles. The van der Waals surface area contributed by atoms with E-state index in [9.17, 15) is 9.65 Å². The van der Waals surface area contributed by atoms with Gasteiger partial charge in [-0.15, -0.1) is 0 Å². The first-order valence-corrected chi connectivity index (χ1v) is 9.27. The number of halogens is 1. The van der Waals surface area contributed by atoms with Crippen LogP contribution in [-0.4, -0.2) is 29.0 Å². The predicted molar refractivity (Wildman–Crippen MR) is 110 cm³/mol. The fourth-order valence-electron chi connectivity index (χ4n) is 3.38. The van der Waals surface area contributed by atoms with Crippen molar-refractivity contribution >= 4 is 22.5 Å². The van der Waals surface area contributed by atoms with E-state index < -0.39 is 0 Å². The van der Waals surface area contributed by atoms with Crippen molar-refractivity contribution in [3.05, 3.63) is 66.0 Å². The van der Waals surface area contributed by atoms with Crippen molar-refractivity contribution < 1.29 is 4.39 Å². The minimum absolute atomic E-state index is 0.307. The molecule has 0 unspecified atom stereocenters. The Kier molecular flexibility index (Phi) is 4.92. The Morgan fingerprint density at radius 2 is 1.89 bits per heavy atom. The first kappa shape index (κ1) is 18.0. The third-order valence-corrected chi connectivity index (χ3v) is 4.70. The maximum atomic E-state index is 13.4. The highest BCUT2D eigenvalue weighted by atomic mass is 19.1. The van der Waals surface area contributed by atoms with Crippen LogP contribution in [0.25, 0.3) is 27.8 Å². The van der Waals surface area contributed by atoms with Crippen LogP contribution in [-0.2, 0) is 0 Å². The molecule has 140 valence electrons. The number of rotatable bonds is 6. The third-order valence-electron chi connectivity index (χ3n) is 4.70. The van der Waals surface area contributed by atoms with Gasteiger partial charge in [-0.25, -0.2) is 9.37 Å². The van der Waals surface area contributed by atoms with Crippen LogP contribution in [0.1, 0.15) is 12.5 Å². The van der Waals surface area contributed by atoms with Gasteiger partial charge in [0, 0.05) is 18.7 Å². The Balaban J connectivity index is 1.95. The molecule has 0 aliphatic carbocycles. The zero-order chi connectivity index (χ0) is 19.5. The molecule has 0 aliphatic rings. The molecule has 4 aromatic rings. The molecule has 0 amide bonds. The number of pyridine rings is 1. The van der Waals surface area contributed by atoms with Crippen molar-refractivity contribution in [2.75, 3.05) is 25.0 Å². The molecule has 2 aromatic carbocycles. The van der Waals surface area contributed by atoms with Gasteiger partial charge < -0.3 is 10.6 Å². The van der Waals surface area contributed by atoms with Gasteiger partial charge in [0.15, 0.2) is 5.65 Å². The highest BCUT2D eigenvalue weighted by molar-refractivity contribution is 5.89. The summed E-state index contributed by atoms with van der Waals surface area (Å²) >= 11 is 0. The van der Waals surface area contributed by atoms with E-state index in [0.29, 0.717) is 11.2 Å². The van der Waals surface area contributed by atoms with Crippen LogP contribution < -0.4 is 10.6 Å². The number of nitrogens with one attached hydrogen (secondary N) is 2. The van der Waals surface area contributed by atoms with E-state index in [4.69, 9.17) is 4.98 Å². The second-order valence-corrected chi connectivity index (χ2v) is 6.48. The molecule has 5 nitrogen and oxygen atoms in total. The SMILES string of the molecule is CCNCCNc1cc(-c2ccc(F)cc2)c(C#N)c2nc3ccccc3n12. The molecule has 0 bridgehead atoms. The molecular formula is C22H20FN5. The lowest BCUT2D eigenvalue weighted by Gasteiger charge is -2.14. The largest absolute Gasteiger partial charge is 0.370 e. The molecule has 0 atom stereocenters. The lowest BCUT2D eigenvalue weighted by atomic mass is 10.0. The number of imidazole rings is 1. The van der Waals surface area contributed by atoms with E-state index >= 15 is 0 Å². The van der Waals surface area contributed by atoms with Crippen molar-refractivity contribution in [3.63, 3.8) is 0 Å². The van der Waals surface area contributed by atoms with Crippen molar-refractivity contribution in [1.82, 2.24) is 14.7 Å². The summed E-state index contributed by atoms with van der Waals surface area (Å²) in [6.07, 6.45) is 0. The van der Waals surface area contributed by atoms with Gasteiger partial charge in [0.05, 0.1) is 11.0 Å². The second-order valence-electron chi connectivity index (χ2n) is 6.48. The molecule has 2 aromatic heterocycles. The Labute approximate surface area is 162 Å². The Morgan fingerprint density at radius 1 is 1.11 bits per heavy atom. The van der Waals surface area contributed by atoms with Crippen molar-refractivity contribution in [2.24, 2.45) is 0 Å². The molecule has 0 spiro atoms. The van der Waals surface area contributed by atoms with Gasteiger partial charge in [0.1, 0.15) is 23.3 Å². The number of anilines is 1. The first-order valence-electron chi connectivity index (χ1n) is 9.27. The number of nitrogens with zero attached hydrogens (tertiary/aromatic N) is 3. The van der Waals surface area contributed by atoms with Crippen molar-refractivity contribution in [1.29, 1.82) is 5.26 Å². The average Bonchev–Trinajstić information content (AvgIpc) is 3.11. The van der Waals surface area contributed by atoms with Crippen LogP contribution in [0.4, 0.5) is 10.2 Å². The standard InChI is InChI=1S/C22H20FN5/c1-2-25-11-12-26-21-13-17(15-7-9-16(23)10-8-15)18(14-24)22-27-19-5-3-4-6-20(19)28(21)22/h3-10,13,25-26H,2,11-12H2,1H3. The lowest BCUT2D eigenvalue weighted by Crippen LogP contribution is -2.22. The van der Waals surface area contributed by atoms with Crippen LogP contribution >= 0.6 is 0 Å². The molecule has 0 aliphatic heterocycles. The Bertz CT molecular complexity index is 1170. The number of hydrogen-bond donors (Lipinski definition) is 2. The van der Waals surface area contributed by atoms with Gasteiger partial charge >= 0.3 is 0 Å². The van der Waals surface area contributed by atoms with Gasteiger partial charge in [-0.1, -0.05) is 31.2 Å². The van der Waals surface area contributed by atoms with E-state index in [1.54, 1.807) is 12.1 Å². The number of fused-ring (bicyclic) bond motifs is 3. The smallest absolute Gasteiger partial charge is 0.158 e. The van der Waals surface area contributed by atoms with E-state index in [0.717, 1.165) is 47.6 Å². The summed E-state index contributed by atoms with van der Waals surface area (Å²) in [5.41, 5.74) is 4.34. The number of hydrogen-bond acceptors (Lipinski definition) is 4. The monoisotopic (exact) mass is 373 g/mol. The summed E-state index contributed by atoms with van der Waals surface area (Å²) in [5, 5.41) is 16.6. The van der Waals surface area contributed by atoms with E-state index in [1.165, 1.54) is 12.1 Å². The predicted octanol–water partition coefficient (Wildman–Crippen LogP) is 4.19. The number of para-hydroxylation sites is 2.